The number of nitrogens with one attached hydrogen (secondary N) is 1. The van der Waals surface area contributed by atoms with E-state index in [1.165, 1.54) is 25.1 Å². The molecule has 1 atom stereocenters. The Labute approximate surface area is 141 Å². The SMILES string of the molecule is CC(=O)N1C(=O)CC(c2cc(F)ccc2F)=CC1c1cccc(=O)[nH]1. The van der Waals surface area contributed by atoms with Crippen LogP contribution in [-0.2, 0) is 9.59 Å². The summed E-state index contributed by atoms with van der Waals surface area (Å²) in [5, 5.41) is 0. The first-order valence-corrected chi connectivity index (χ1v) is 7.55. The Kier molecular flexibility index (Phi) is 4.31. The van der Waals surface area contributed by atoms with E-state index in [9.17, 15) is 23.2 Å². The van der Waals surface area contributed by atoms with Crippen LogP contribution in [0.25, 0.3) is 5.57 Å². The molecule has 5 nitrogen and oxygen atoms in total. The standard InChI is InChI=1S/C18H14F2N2O3/c1-10(23)22-16(15-3-2-4-17(24)21-15)7-11(8-18(22)25)13-9-12(19)5-6-14(13)20/h2-7,9,16H,8H2,1H3,(H,21,24). The number of hydrogen-bond donors (Lipinski definition) is 1. The summed E-state index contributed by atoms with van der Waals surface area (Å²) in [4.78, 5) is 39.5. The van der Waals surface area contributed by atoms with Gasteiger partial charge in [0.25, 0.3) is 0 Å². The van der Waals surface area contributed by atoms with E-state index in [0.29, 0.717) is 5.69 Å². The van der Waals surface area contributed by atoms with Gasteiger partial charge in [-0.3, -0.25) is 19.3 Å². The van der Waals surface area contributed by atoms with Gasteiger partial charge in [-0.25, -0.2) is 8.78 Å². The number of benzene rings is 1. The van der Waals surface area contributed by atoms with Gasteiger partial charge in [-0.15, -0.1) is 0 Å². The van der Waals surface area contributed by atoms with Crippen molar-refractivity contribution < 1.29 is 18.4 Å². The zero-order valence-electron chi connectivity index (χ0n) is 13.3. The van der Waals surface area contributed by atoms with Crippen LogP contribution in [0, 0.1) is 11.6 Å². The Bertz CT molecular complexity index is 949. The number of halogens is 2. The molecule has 3 rings (SSSR count). The molecule has 1 unspecified atom stereocenters. The molecular weight excluding hydrogens is 330 g/mol. The minimum absolute atomic E-state index is 0.0418. The zero-order chi connectivity index (χ0) is 18.1. The molecule has 1 aromatic carbocycles. The molecule has 0 radical (unpaired) electrons. The van der Waals surface area contributed by atoms with Gasteiger partial charge >= 0.3 is 0 Å². The van der Waals surface area contributed by atoms with Crippen molar-refractivity contribution in [1.82, 2.24) is 9.88 Å². The van der Waals surface area contributed by atoms with Gasteiger partial charge in [-0.2, -0.15) is 0 Å². The normalized spacial score (nSPS) is 17.4. The molecule has 0 spiro atoms. The van der Waals surface area contributed by atoms with Crippen molar-refractivity contribution in [2.45, 2.75) is 19.4 Å². The minimum atomic E-state index is -0.898. The number of hydrogen-bond acceptors (Lipinski definition) is 3. The summed E-state index contributed by atoms with van der Waals surface area (Å²) >= 11 is 0. The Morgan fingerprint density at radius 3 is 2.64 bits per heavy atom. The van der Waals surface area contributed by atoms with Crippen LogP contribution in [0.2, 0.25) is 0 Å². The van der Waals surface area contributed by atoms with Crippen LogP contribution >= 0.6 is 0 Å². The van der Waals surface area contributed by atoms with Crippen LogP contribution < -0.4 is 5.56 Å². The van der Waals surface area contributed by atoms with E-state index in [0.717, 1.165) is 23.1 Å². The molecular formula is C18H14F2N2O3. The average molecular weight is 344 g/mol. The Balaban J connectivity index is 2.16. The molecule has 0 saturated carbocycles. The third-order valence-electron chi connectivity index (χ3n) is 3.97. The molecule has 1 N–H and O–H groups in total. The first-order chi connectivity index (χ1) is 11.9. The van der Waals surface area contributed by atoms with Crippen molar-refractivity contribution in [2.75, 3.05) is 0 Å². The summed E-state index contributed by atoms with van der Waals surface area (Å²) in [5.74, 6) is -2.36. The lowest BCUT2D eigenvalue weighted by atomic mass is 9.93. The number of aromatic nitrogens is 1. The molecule has 1 aliphatic rings. The molecule has 0 aliphatic carbocycles. The van der Waals surface area contributed by atoms with Gasteiger partial charge in [-0.1, -0.05) is 12.1 Å². The predicted octanol–water partition coefficient (Wildman–Crippen LogP) is 2.56. The minimum Gasteiger partial charge on any atom is -0.324 e. The number of amides is 2. The monoisotopic (exact) mass is 344 g/mol. The molecule has 1 aliphatic heterocycles. The number of rotatable bonds is 2. The second-order valence-electron chi connectivity index (χ2n) is 5.69. The van der Waals surface area contributed by atoms with Crippen molar-refractivity contribution in [3.63, 3.8) is 0 Å². The number of aromatic amines is 1. The van der Waals surface area contributed by atoms with E-state index < -0.39 is 35.0 Å². The van der Waals surface area contributed by atoms with Crippen LogP contribution in [0.15, 0.2) is 47.3 Å². The Hall–Kier alpha value is -3.09. The molecule has 2 amide bonds. The molecule has 2 heterocycles. The Morgan fingerprint density at radius 1 is 1.20 bits per heavy atom. The van der Waals surface area contributed by atoms with Crippen LogP contribution in [0.1, 0.15) is 30.6 Å². The van der Waals surface area contributed by atoms with E-state index >= 15 is 0 Å². The summed E-state index contributed by atoms with van der Waals surface area (Å²) < 4.78 is 27.6. The maximum atomic E-state index is 14.1. The topological polar surface area (TPSA) is 70.2 Å². The lowest BCUT2D eigenvalue weighted by molar-refractivity contribution is -0.145. The van der Waals surface area contributed by atoms with E-state index in [2.05, 4.69) is 4.98 Å². The van der Waals surface area contributed by atoms with Crippen molar-refractivity contribution in [3.05, 3.63) is 75.7 Å². The highest BCUT2D eigenvalue weighted by molar-refractivity contribution is 6.01. The maximum Gasteiger partial charge on any atom is 0.248 e. The first kappa shape index (κ1) is 16.8. The lowest BCUT2D eigenvalue weighted by Gasteiger charge is -2.32. The number of pyridine rings is 1. The van der Waals surface area contributed by atoms with Crippen LogP contribution in [0.3, 0.4) is 0 Å². The van der Waals surface area contributed by atoms with Crippen molar-refractivity contribution in [1.29, 1.82) is 0 Å². The largest absolute Gasteiger partial charge is 0.324 e. The number of nitrogens with zero attached hydrogens (tertiary/aromatic N) is 1. The third kappa shape index (κ3) is 3.26. The molecule has 0 bridgehead atoms. The fraction of sp³-hybridized carbons (Fsp3) is 0.167. The van der Waals surface area contributed by atoms with Gasteiger partial charge < -0.3 is 4.98 Å². The van der Waals surface area contributed by atoms with E-state index in [1.54, 1.807) is 6.07 Å². The van der Waals surface area contributed by atoms with Crippen molar-refractivity contribution in [3.8, 4) is 0 Å². The molecule has 128 valence electrons. The summed E-state index contributed by atoms with van der Waals surface area (Å²) in [7, 11) is 0. The maximum absolute atomic E-state index is 14.1. The van der Waals surface area contributed by atoms with Crippen LogP contribution in [0.4, 0.5) is 8.78 Å². The zero-order valence-corrected chi connectivity index (χ0v) is 13.3. The molecule has 0 fully saturated rings. The van der Waals surface area contributed by atoms with Gasteiger partial charge in [-0.05, 0) is 29.8 Å². The number of carbonyl (C=O) groups excluding carboxylic acids is 2. The molecule has 0 saturated heterocycles. The smallest absolute Gasteiger partial charge is 0.248 e. The highest BCUT2D eigenvalue weighted by Gasteiger charge is 2.33. The fourth-order valence-electron chi connectivity index (χ4n) is 2.89. The van der Waals surface area contributed by atoms with E-state index in [-0.39, 0.29) is 17.6 Å². The van der Waals surface area contributed by atoms with Gasteiger partial charge in [0.1, 0.15) is 11.6 Å². The predicted molar refractivity (Wildman–Crippen MR) is 86.3 cm³/mol. The molecule has 1 aromatic heterocycles. The molecule has 25 heavy (non-hydrogen) atoms. The Morgan fingerprint density at radius 2 is 1.96 bits per heavy atom. The van der Waals surface area contributed by atoms with Gasteiger partial charge in [0.15, 0.2) is 0 Å². The van der Waals surface area contributed by atoms with E-state index in [4.69, 9.17) is 0 Å². The average Bonchev–Trinajstić information content (AvgIpc) is 2.56. The molecule has 2 aromatic rings. The van der Waals surface area contributed by atoms with Crippen molar-refractivity contribution in [2.24, 2.45) is 0 Å². The third-order valence-corrected chi connectivity index (χ3v) is 3.97. The second-order valence-corrected chi connectivity index (χ2v) is 5.69. The van der Waals surface area contributed by atoms with E-state index in [1.807, 2.05) is 0 Å². The summed E-state index contributed by atoms with van der Waals surface area (Å²) in [6, 6.07) is 6.40. The summed E-state index contributed by atoms with van der Waals surface area (Å²) in [6.07, 6.45) is 1.25. The number of imide groups is 1. The first-order valence-electron chi connectivity index (χ1n) is 7.55. The highest BCUT2D eigenvalue weighted by atomic mass is 19.1. The molecule has 7 heteroatoms. The quantitative estimate of drug-likeness (QED) is 0.910. The van der Waals surface area contributed by atoms with Crippen LogP contribution in [-0.4, -0.2) is 21.7 Å². The summed E-state index contributed by atoms with van der Waals surface area (Å²) in [5.41, 5.74) is 0.130. The number of H-pyrrole nitrogens is 1. The van der Waals surface area contributed by atoms with Gasteiger partial charge in [0.05, 0.1) is 12.5 Å². The fourth-order valence-corrected chi connectivity index (χ4v) is 2.89. The highest BCUT2D eigenvalue weighted by Crippen LogP contribution is 2.34. The van der Waals surface area contributed by atoms with Gasteiger partial charge in [0.2, 0.25) is 17.4 Å². The number of carbonyl (C=O) groups is 2. The van der Waals surface area contributed by atoms with Crippen LogP contribution in [0.5, 0.6) is 0 Å². The van der Waals surface area contributed by atoms with Crippen molar-refractivity contribution >= 4 is 17.4 Å². The van der Waals surface area contributed by atoms with Gasteiger partial charge in [0, 0.05) is 24.2 Å². The second kappa shape index (κ2) is 6.43. The summed E-state index contributed by atoms with van der Waals surface area (Å²) in [6.45, 7) is 1.23. The lowest BCUT2D eigenvalue weighted by Crippen LogP contribution is -2.41.